The van der Waals surface area contributed by atoms with Crippen LogP contribution in [0.3, 0.4) is 0 Å². The highest BCUT2D eigenvalue weighted by atomic mass is 32.2. The second kappa shape index (κ2) is 6.52. The van der Waals surface area contributed by atoms with Crippen LogP contribution in [0.5, 0.6) is 0 Å². The van der Waals surface area contributed by atoms with E-state index < -0.39 is 0 Å². The number of hydrogen-bond acceptors (Lipinski definition) is 4. The molecule has 0 saturated carbocycles. The summed E-state index contributed by atoms with van der Waals surface area (Å²) in [4.78, 5) is 12.8. The molecule has 106 valence electrons. The van der Waals surface area contributed by atoms with Gasteiger partial charge in [-0.15, -0.1) is 11.8 Å². The largest absolute Gasteiger partial charge is 0.467 e. The van der Waals surface area contributed by atoms with Gasteiger partial charge in [-0.25, -0.2) is 0 Å². The van der Waals surface area contributed by atoms with Crippen molar-refractivity contribution in [1.82, 2.24) is 5.32 Å². The van der Waals surface area contributed by atoms with Gasteiger partial charge in [0.15, 0.2) is 0 Å². The molecule has 3 N–H and O–H groups in total. The Morgan fingerprint density at radius 1 is 1.45 bits per heavy atom. The number of nitrogen functional groups attached to an aromatic ring is 1. The van der Waals surface area contributed by atoms with E-state index in [1.807, 2.05) is 38.1 Å². The Labute approximate surface area is 122 Å². The predicted molar refractivity (Wildman–Crippen MR) is 81.6 cm³/mol. The molecule has 20 heavy (non-hydrogen) atoms. The minimum Gasteiger partial charge on any atom is -0.467 e. The second-order valence-electron chi connectivity index (χ2n) is 4.63. The number of aryl methyl sites for hydroxylation is 1. The van der Waals surface area contributed by atoms with E-state index >= 15 is 0 Å². The summed E-state index contributed by atoms with van der Waals surface area (Å²) in [5.74, 6) is 1.04. The van der Waals surface area contributed by atoms with Crippen molar-refractivity contribution in [2.75, 3.05) is 11.5 Å². The third-order valence-electron chi connectivity index (χ3n) is 2.88. The van der Waals surface area contributed by atoms with Crippen LogP contribution in [0.15, 0.2) is 45.9 Å². The van der Waals surface area contributed by atoms with Crippen molar-refractivity contribution >= 4 is 23.4 Å². The van der Waals surface area contributed by atoms with Gasteiger partial charge in [-0.3, -0.25) is 4.79 Å². The molecular formula is C15H18N2O2S. The molecule has 5 heteroatoms. The molecule has 0 radical (unpaired) electrons. The fourth-order valence-electron chi connectivity index (χ4n) is 1.80. The molecule has 2 rings (SSSR count). The van der Waals surface area contributed by atoms with Crippen LogP contribution in [0.4, 0.5) is 5.69 Å². The van der Waals surface area contributed by atoms with Gasteiger partial charge in [-0.2, -0.15) is 0 Å². The molecule has 2 aromatic rings. The number of nitrogens with one attached hydrogen (secondary N) is 1. The van der Waals surface area contributed by atoms with Crippen molar-refractivity contribution in [3.63, 3.8) is 0 Å². The number of amides is 1. The number of carbonyl (C=O) groups excluding carboxylic acids is 1. The lowest BCUT2D eigenvalue weighted by atomic mass is 10.2. The summed E-state index contributed by atoms with van der Waals surface area (Å²) in [7, 11) is 0. The fraction of sp³-hybridized carbons (Fsp3) is 0.267. The molecule has 0 saturated heterocycles. The third kappa shape index (κ3) is 3.81. The van der Waals surface area contributed by atoms with E-state index in [4.69, 9.17) is 10.2 Å². The maximum absolute atomic E-state index is 11.9. The summed E-state index contributed by atoms with van der Waals surface area (Å²) >= 11 is 1.44. The highest BCUT2D eigenvalue weighted by Gasteiger charge is 2.12. The zero-order chi connectivity index (χ0) is 14.5. The number of benzene rings is 1. The topological polar surface area (TPSA) is 68.3 Å². The van der Waals surface area contributed by atoms with Crippen LogP contribution < -0.4 is 11.1 Å². The summed E-state index contributed by atoms with van der Waals surface area (Å²) in [5, 5.41) is 2.89. The molecule has 0 bridgehead atoms. The van der Waals surface area contributed by atoms with E-state index in [0.717, 1.165) is 16.2 Å². The quantitative estimate of drug-likeness (QED) is 0.655. The van der Waals surface area contributed by atoms with Crippen molar-refractivity contribution in [3.05, 3.63) is 47.9 Å². The fourth-order valence-corrected chi connectivity index (χ4v) is 2.68. The number of carbonyl (C=O) groups is 1. The van der Waals surface area contributed by atoms with Gasteiger partial charge in [-0.05, 0) is 43.7 Å². The molecule has 1 heterocycles. The van der Waals surface area contributed by atoms with E-state index in [2.05, 4.69) is 5.32 Å². The molecule has 0 aliphatic carbocycles. The lowest BCUT2D eigenvalue weighted by molar-refractivity contribution is -0.119. The normalized spacial score (nSPS) is 12.1. The maximum Gasteiger partial charge on any atom is 0.230 e. The summed E-state index contributed by atoms with van der Waals surface area (Å²) in [6.45, 7) is 3.89. The summed E-state index contributed by atoms with van der Waals surface area (Å²) < 4.78 is 5.25. The lowest BCUT2D eigenvalue weighted by Crippen LogP contribution is -2.27. The first-order valence-electron chi connectivity index (χ1n) is 6.38. The van der Waals surface area contributed by atoms with Crippen LogP contribution in [-0.2, 0) is 4.79 Å². The molecule has 0 fully saturated rings. The van der Waals surface area contributed by atoms with Gasteiger partial charge in [0.1, 0.15) is 5.76 Å². The Balaban J connectivity index is 1.87. The average molecular weight is 290 g/mol. The minimum atomic E-state index is -0.132. The van der Waals surface area contributed by atoms with Crippen molar-refractivity contribution in [1.29, 1.82) is 0 Å². The Bertz CT molecular complexity index is 582. The van der Waals surface area contributed by atoms with Gasteiger partial charge in [0, 0.05) is 10.6 Å². The van der Waals surface area contributed by atoms with E-state index in [-0.39, 0.29) is 11.9 Å². The standard InChI is InChI=1S/C15H18N2O2S/c1-10-5-6-12(16)14(8-10)20-9-15(18)17-11(2)13-4-3-7-19-13/h3-8,11H,9,16H2,1-2H3,(H,17,18). The van der Waals surface area contributed by atoms with Gasteiger partial charge in [0.25, 0.3) is 0 Å². The molecule has 1 aromatic carbocycles. The Morgan fingerprint density at radius 3 is 2.95 bits per heavy atom. The minimum absolute atomic E-state index is 0.0418. The highest BCUT2D eigenvalue weighted by molar-refractivity contribution is 8.00. The number of nitrogens with two attached hydrogens (primary N) is 1. The number of anilines is 1. The van der Waals surface area contributed by atoms with Gasteiger partial charge in [0.05, 0.1) is 18.1 Å². The van der Waals surface area contributed by atoms with E-state index in [1.165, 1.54) is 11.8 Å². The Kier molecular flexibility index (Phi) is 4.74. The van der Waals surface area contributed by atoms with Crippen LogP contribution in [0.1, 0.15) is 24.3 Å². The molecule has 0 spiro atoms. The molecule has 0 aliphatic heterocycles. The first-order chi connectivity index (χ1) is 9.56. The van der Waals surface area contributed by atoms with Crippen molar-refractivity contribution in [2.45, 2.75) is 24.8 Å². The van der Waals surface area contributed by atoms with Crippen LogP contribution in [0.2, 0.25) is 0 Å². The molecule has 1 atom stereocenters. The Morgan fingerprint density at radius 2 is 2.25 bits per heavy atom. The molecule has 1 amide bonds. The summed E-state index contributed by atoms with van der Waals surface area (Å²) in [5.41, 5.74) is 7.72. The summed E-state index contributed by atoms with van der Waals surface area (Å²) in [6, 6.07) is 9.33. The smallest absolute Gasteiger partial charge is 0.230 e. The monoisotopic (exact) mass is 290 g/mol. The zero-order valence-electron chi connectivity index (χ0n) is 11.6. The van der Waals surface area contributed by atoms with E-state index in [1.54, 1.807) is 12.3 Å². The van der Waals surface area contributed by atoms with Crippen LogP contribution in [-0.4, -0.2) is 11.7 Å². The first-order valence-corrected chi connectivity index (χ1v) is 7.36. The SMILES string of the molecule is Cc1ccc(N)c(SCC(=O)NC(C)c2ccco2)c1. The van der Waals surface area contributed by atoms with E-state index in [0.29, 0.717) is 11.4 Å². The van der Waals surface area contributed by atoms with Crippen molar-refractivity contribution in [2.24, 2.45) is 0 Å². The van der Waals surface area contributed by atoms with Gasteiger partial charge in [-0.1, -0.05) is 6.07 Å². The van der Waals surface area contributed by atoms with Crippen LogP contribution in [0.25, 0.3) is 0 Å². The Hall–Kier alpha value is -1.88. The number of furan rings is 1. The average Bonchev–Trinajstić information content (AvgIpc) is 2.94. The third-order valence-corrected chi connectivity index (χ3v) is 3.95. The summed E-state index contributed by atoms with van der Waals surface area (Å²) in [6.07, 6.45) is 1.60. The molecule has 4 nitrogen and oxygen atoms in total. The van der Waals surface area contributed by atoms with Crippen molar-refractivity contribution in [3.8, 4) is 0 Å². The van der Waals surface area contributed by atoms with Gasteiger partial charge >= 0.3 is 0 Å². The van der Waals surface area contributed by atoms with Crippen LogP contribution in [0, 0.1) is 6.92 Å². The number of thioether (sulfide) groups is 1. The van der Waals surface area contributed by atoms with Gasteiger partial charge in [0.2, 0.25) is 5.91 Å². The van der Waals surface area contributed by atoms with E-state index in [9.17, 15) is 4.79 Å². The molecule has 1 unspecified atom stereocenters. The van der Waals surface area contributed by atoms with Crippen LogP contribution >= 0.6 is 11.8 Å². The highest BCUT2D eigenvalue weighted by Crippen LogP contribution is 2.26. The molecule has 1 aromatic heterocycles. The maximum atomic E-state index is 11.9. The lowest BCUT2D eigenvalue weighted by Gasteiger charge is -2.12. The first kappa shape index (κ1) is 14.5. The van der Waals surface area contributed by atoms with Crippen molar-refractivity contribution < 1.29 is 9.21 Å². The predicted octanol–water partition coefficient (Wildman–Crippen LogP) is 3.14. The zero-order valence-corrected chi connectivity index (χ0v) is 12.4. The van der Waals surface area contributed by atoms with Gasteiger partial charge < -0.3 is 15.5 Å². The second-order valence-corrected chi connectivity index (χ2v) is 5.65. The number of rotatable bonds is 5. The molecular weight excluding hydrogens is 272 g/mol. The molecule has 0 aliphatic rings. The number of hydrogen-bond donors (Lipinski definition) is 2.